The van der Waals surface area contributed by atoms with Crippen molar-refractivity contribution in [1.82, 2.24) is 5.43 Å². The van der Waals surface area contributed by atoms with Gasteiger partial charge in [0.25, 0.3) is 0 Å². The predicted molar refractivity (Wildman–Crippen MR) is 127 cm³/mol. The van der Waals surface area contributed by atoms with Gasteiger partial charge < -0.3 is 9.47 Å². The van der Waals surface area contributed by atoms with Crippen LogP contribution in [0.4, 0.5) is 0 Å². The van der Waals surface area contributed by atoms with Gasteiger partial charge in [-0.3, -0.25) is 4.79 Å². The smallest absolute Gasteiger partial charge is 0.250 e. The van der Waals surface area contributed by atoms with E-state index in [1.165, 1.54) is 11.1 Å². The van der Waals surface area contributed by atoms with E-state index in [9.17, 15) is 4.79 Å². The minimum absolute atomic E-state index is 0.136. The molecule has 1 amide bonds. The lowest BCUT2D eigenvalue weighted by molar-refractivity contribution is -0.118. The van der Waals surface area contributed by atoms with Gasteiger partial charge in [-0.2, -0.15) is 5.10 Å². The second kappa shape index (κ2) is 11.8. The van der Waals surface area contributed by atoms with Gasteiger partial charge in [0, 0.05) is 5.75 Å². The summed E-state index contributed by atoms with van der Waals surface area (Å²) < 4.78 is 11.3. The fourth-order valence-electron chi connectivity index (χ4n) is 2.78. The van der Waals surface area contributed by atoms with E-state index in [4.69, 9.17) is 9.47 Å². The largest absolute Gasteiger partial charge is 0.493 e. The van der Waals surface area contributed by atoms with Gasteiger partial charge in [0.2, 0.25) is 5.91 Å². The molecule has 0 aromatic heterocycles. The molecule has 31 heavy (non-hydrogen) atoms. The number of hydrogen-bond acceptors (Lipinski definition) is 5. The van der Waals surface area contributed by atoms with E-state index in [0.29, 0.717) is 23.9 Å². The number of ether oxygens (including phenoxy) is 2. The molecule has 1 N–H and O–H groups in total. The molecule has 160 valence electrons. The minimum Gasteiger partial charge on any atom is -0.493 e. The Morgan fingerprint density at radius 3 is 2.52 bits per heavy atom. The summed E-state index contributed by atoms with van der Waals surface area (Å²) >= 11 is 1.56. The van der Waals surface area contributed by atoms with Crippen molar-refractivity contribution in [2.75, 3.05) is 12.9 Å². The summed E-state index contributed by atoms with van der Waals surface area (Å²) in [6, 6.07) is 23.8. The first-order valence-corrected chi connectivity index (χ1v) is 11.1. The molecule has 0 aliphatic heterocycles. The molecule has 0 saturated carbocycles. The van der Waals surface area contributed by atoms with Gasteiger partial charge in [-0.25, -0.2) is 5.43 Å². The zero-order chi connectivity index (χ0) is 21.9. The predicted octanol–water partition coefficient (Wildman–Crippen LogP) is 4.97. The van der Waals surface area contributed by atoms with Crippen LogP contribution in [-0.2, 0) is 17.2 Å². The van der Waals surface area contributed by atoms with Crippen molar-refractivity contribution in [3.63, 3.8) is 0 Å². The number of aryl methyl sites for hydroxylation is 1. The normalized spacial score (nSPS) is 10.8. The number of hydrogen-bond donors (Lipinski definition) is 1. The molecule has 6 heteroatoms. The fourth-order valence-corrected chi connectivity index (χ4v) is 3.56. The molecule has 0 bridgehead atoms. The highest BCUT2D eigenvalue weighted by Crippen LogP contribution is 2.28. The molecule has 3 rings (SSSR count). The second-order valence-corrected chi connectivity index (χ2v) is 7.94. The molecule has 0 radical (unpaired) electrons. The van der Waals surface area contributed by atoms with Crippen LogP contribution < -0.4 is 14.9 Å². The molecular formula is C25H26N2O3S. The number of rotatable bonds is 10. The summed E-state index contributed by atoms with van der Waals surface area (Å²) in [6.07, 6.45) is 1.59. The van der Waals surface area contributed by atoms with Crippen molar-refractivity contribution in [1.29, 1.82) is 0 Å². The van der Waals surface area contributed by atoms with Crippen LogP contribution >= 0.6 is 11.8 Å². The molecule has 0 fully saturated rings. The maximum Gasteiger partial charge on any atom is 0.250 e. The molecule has 5 nitrogen and oxygen atoms in total. The number of nitrogens with zero attached hydrogens (tertiary/aromatic N) is 1. The summed E-state index contributed by atoms with van der Waals surface area (Å²) in [6.45, 7) is 2.52. The molecule has 0 unspecified atom stereocenters. The molecule has 0 aliphatic carbocycles. The SMILES string of the molecule is COc1cc(/C=N/NC(=O)CSCc2ccc(C)cc2)ccc1OCc1ccccc1. The Kier molecular flexibility index (Phi) is 8.55. The van der Waals surface area contributed by atoms with Crippen molar-refractivity contribution in [3.8, 4) is 11.5 Å². The van der Waals surface area contributed by atoms with E-state index in [0.717, 1.165) is 16.9 Å². The van der Waals surface area contributed by atoms with Gasteiger partial charge in [-0.05, 0) is 41.8 Å². The van der Waals surface area contributed by atoms with Gasteiger partial charge in [-0.15, -0.1) is 11.8 Å². The second-order valence-electron chi connectivity index (χ2n) is 6.96. The maximum atomic E-state index is 12.0. The first kappa shape index (κ1) is 22.4. The van der Waals surface area contributed by atoms with E-state index < -0.39 is 0 Å². The van der Waals surface area contributed by atoms with Crippen LogP contribution in [0.25, 0.3) is 0 Å². The summed E-state index contributed by atoms with van der Waals surface area (Å²) in [5, 5.41) is 4.04. The van der Waals surface area contributed by atoms with Crippen molar-refractivity contribution < 1.29 is 14.3 Å². The highest BCUT2D eigenvalue weighted by atomic mass is 32.2. The highest BCUT2D eigenvalue weighted by molar-refractivity contribution is 7.99. The van der Waals surface area contributed by atoms with Crippen LogP contribution in [0, 0.1) is 6.92 Å². The zero-order valence-corrected chi connectivity index (χ0v) is 18.5. The van der Waals surface area contributed by atoms with E-state index in [1.54, 1.807) is 25.1 Å². The standard InChI is InChI=1S/C25H26N2O3S/c1-19-8-10-21(11-9-19)17-31-18-25(28)27-26-15-22-12-13-23(24(14-22)29-2)30-16-20-6-4-3-5-7-20/h3-15H,16-18H2,1-2H3,(H,27,28)/b26-15+. The quantitative estimate of drug-likeness (QED) is 0.362. The Bertz CT molecular complexity index is 1010. The van der Waals surface area contributed by atoms with Gasteiger partial charge in [0.05, 0.1) is 19.1 Å². The molecule has 3 aromatic rings. The Morgan fingerprint density at radius 1 is 1.00 bits per heavy atom. The zero-order valence-electron chi connectivity index (χ0n) is 17.7. The Labute approximate surface area is 187 Å². The van der Waals surface area contributed by atoms with Gasteiger partial charge >= 0.3 is 0 Å². The molecule has 0 aliphatic rings. The van der Waals surface area contributed by atoms with Crippen molar-refractivity contribution in [2.45, 2.75) is 19.3 Å². The summed E-state index contributed by atoms with van der Waals surface area (Å²) in [4.78, 5) is 12.0. The molecule has 0 saturated heterocycles. The lowest BCUT2D eigenvalue weighted by Gasteiger charge is -2.11. The van der Waals surface area contributed by atoms with Gasteiger partial charge in [0.15, 0.2) is 11.5 Å². The minimum atomic E-state index is -0.136. The third-order valence-electron chi connectivity index (χ3n) is 4.45. The molecule has 0 spiro atoms. The lowest BCUT2D eigenvalue weighted by Crippen LogP contribution is -2.19. The Hall–Kier alpha value is -3.25. The summed E-state index contributed by atoms with van der Waals surface area (Å²) in [5.74, 6) is 2.27. The van der Waals surface area contributed by atoms with Crippen molar-refractivity contribution in [2.24, 2.45) is 5.10 Å². The number of amides is 1. The highest BCUT2D eigenvalue weighted by Gasteiger charge is 2.06. The molecule has 0 heterocycles. The number of benzene rings is 3. The van der Waals surface area contributed by atoms with E-state index >= 15 is 0 Å². The Balaban J connectivity index is 1.46. The van der Waals surface area contributed by atoms with Crippen LogP contribution in [-0.4, -0.2) is 25.0 Å². The number of carbonyl (C=O) groups is 1. The Morgan fingerprint density at radius 2 is 1.77 bits per heavy atom. The van der Waals surface area contributed by atoms with E-state index in [2.05, 4.69) is 41.7 Å². The third kappa shape index (κ3) is 7.50. The number of thioether (sulfide) groups is 1. The summed E-state index contributed by atoms with van der Waals surface area (Å²) in [5.41, 5.74) is 6.88. The average Bonchev–Trinajstić information content (AvgIpc) is 2.80. The number of methoxy groups -OCH3 is 1. The van der Waals surface area contributed by atoms with E-state index in [1.807, 2.05) is 48.5 Å². The average molecular weight is 435 g/mol. The molecule has 0 atom stereocenters. The number of hydrazone groups is 1. The van der Waals surface area contributed by atoms with Crippen LogP contribution in [0.2, 0.25) is 0 Å². The maximum absolute atomic E-state index is 12.0. The van der Waals surface area contributed by atoms with Crippen molar-refractivity contribution >= 4 is 23.9 Å². The number of nitrogens with one attached hydrogen (secondary N) is 1. The van der Waals surface area contributed by atoms with Crippen LogP contribution in [0.3, 0.4) is 0 Å². The van der Waals surface area contributed by atoms with Crippen LogP contribution in [0.5, 0.6) is 11.5 Å². The topological polar surface area (TPSA) is 59.9 Å². The van der Waals surface area contributed by atoms with E-state index in [-0.39, 0.29) is 5.91 Å². The monoisotopic (exact) mass is 434 g/mol. The lowest BCUT2D eigenvalue weighted by atomic mass is 10.2. The third-order valence-corrected chi connectivity index (χ3v) is 5.45. The van der Waals surface area contributed by atoms with Crippen LogP contribution in [0.1, 0.15) is 22.3 Å². The van der Waals surface area contributed by atoms with Gasteiger partial charge in [0.1, 0.15) is 6.61 Å². The fraction of sp³-hybridized carbons (Fsp3) is 0.200. The summed E-state index contributed by atoms with van der Waals surface area (Å²) in [7, 11) is 1.60. The van der Waals surface area contributed by atoms with Crippen molar-refractivity contribution in [3.05, 3.63) is 95.1 Å². The first-order valence-electron chi connectivity index (χ1n) is 9.94. The van der Waals surface area contributed by atoms with Gasteiger partial charge in [-0.1, -0.05) is 60.2 Å². The first-order chi connectivity index (χ1) is 15.1. The molecular weight excluding hydrogens is 408 g/mol. The van der Waals surface area contributed by atoms with Crippen LogP contribution in [0.15, 0.2) is 77.9 Å². The molecule has 3 aromatic carbocycles. The number of carbonyl (C=O) groups excluding carboxylic acids is 1.